The summed E-state index contributed by atoms with van der Waals surface area (Å²) in [4.78, 5) is 0.409. The van der Waals surface area contributed by atoms with Crippen LogP contribution in [-0.4, -0.2) is 20.3 Å². The maximum absolute atomic E-state index is 8.49. The average molecular weight is 325 g/mol. The largest absolute Gasteiger partial charge is 0.396 e. The Bertz CT molecular complexity index is 67.2. The van der Waals surface area contributed by atoms with Crippen LogP contribution < -0.4 is 0 Å². The average Bonchev–Trinajstić information content (AvgIpc) is 1.63. The first-order chi connectivity index (χ1) is 4.16. The molecule has 0 fully saturated rings. The summed E-state index contributed by atoms with van der Waals surface area (Å²) in [5.41, 5.74) is 0. The molecule has 0 bridgehead atoms. The molecule has 1 unspecified atom stereocenters. The van der Waals surface area contributed by atoms with E-state index in [-0.39, 0.29) is 6.61 Å². The maximum atomic E-state index is 8.49. The van der Waals surface area contributed by atoms with Crippen molar-refractivity contribution in [1.82, 2.24) is 0 Å². The highest BCUT2D eigenvalue weighted by atomic mass is 79.9. The van der Waals surface area contributed by atoms with E-state index in [0.29, 0.717) is 8.56 Å². The summed E-state index contributed by atoms with van der Waals surface area (Å²) in [6.07, 6.45) is 1.80. The van der Waals surface area contributed by atoms with Crippen molar-refractivity contribution in [2.24, 2.45) is 0 Å². The fraction of sp³-hybridized carbons (Fsp3) is 1.00. The number of alkyl halides is 3. The molecular weight excluding hydrogens is 316 g/mol. The highest BCUT2D eigenvalue weighted by molar-refractivity contribution is 9.24. The van der Waals surface area contributed by atoms with Crippen molar-refractivity contribution < 1.29 is 5.11 Å². The number of rotatable bonds is 4. The van der Waals surface area contributed by atoms with Crippen molar-refractivity contribution in [1.29, 1.82) is 0 Å². The van der Waals surface area contributed by atoms with E-state index in [4.69, 9.17) is 5.11 Å². The minimum atomic E-state index is 0.253. The molecule has 56 valence electrons. The Kier molecular flexibility index (Phi) is 7.09. The molecule has 9 heavy (non-hydrogen) atoms. The Morgan fingerprint density at radius 1 is 1.22 bits per heavy atom. The van der Waals surface area contributed by atoms with Gasteiger partial charge in [-0.15, -0.1) is 0 Å². The van der Waals surface area contributed by atoms with Crippen molar-refractivity contribution in [2.45, 2.75) is 21.4 Å². The second-order valence-electron chi connectivity index (χ2n) is 1.74. The van der Waals surface area contributed by atoms with Gasteiger partial charge in [0.1, 0.15) is 0 Å². The first-order valence-corrected chi connectivity index (χ1v) is 5.44. The predicted octanol–water partition coefficient (Wildman–Crippen LogP) is 2.64. The van der Waals surface area contributed by atoms with Gasteiger partial charge in [0.2, 0.25) is 0 Å². The lowest BCUT2D eigenvalue weighted by atomic mass is 10.3. The van der Waals surface area contributed by atoms with Crippen LogP contribution in [0.25, 0.3) is 0 Å². The van der Waals surface area contributed by atoms with Crippen molar-refractivity contribution in [3.63, 3.8) is 0 Å². The second-order valence-corrected chi connectivity index (χ2v) is 6.47. The van der Waals surface area contributed by atoms with Gasteiger partial charge in [-0.25, -0.2) is 0 Å². The molecule has 0 radical (unpaired) electrons. The van der Waals surface area contributed by atoms with Crippen molar-refractivity contribution in [3.05, 3.63) is 0 Å². The van der Waals surface area contributed by atoms with Gasteiger partial charge in [0.25, 0.3) is 0 Å². The fourth-order valence-corrected chi connectivity index (χ4v) is 2.94. The molecule has 0 aliphatic carbocycles. The van der Waals surface area contributed by atoms with Gasteiger partial charge < -0.3 is 5.11 Å². The molecule has 0 aliphatic heterocycles. The van der Waals surface area contributed by atoms with Gasteiger partial charge in [0.15, 0.2) is 0 Å². The molecule has 0 aromatic carbocycles. The first kappa shape index (κ1) is 10.4. The van der Waals surface area contributed by atoms with E-state index in [2.05, 4.69) is 47.8 Å². The lowest BCUT2D eigenvalue weighted by Gasteiger charge is -2.07. The van der Waals surface area contributed by atoms with Gasteiger partial charge in [-0.05, 0) is 12.8 Å². The van der Waals surface area contributed by atoms with Gasteiger partial charge in [-0.2, -0.15) is 0 Å². The van der Waals surface area contributed by atoms with E-state index >= 15 is 0 Å². The van der Waals surface area contributed by atoms with E-state index in [1.54, 1.807) is 0 Å². The zero-order chi connectivity index (χ0) is 7.28. The van der Waals surface area contributed by atoms with Gasteiger partial charge in [-0.1, -0.05) is 47.8 Å². The minimum Gasteiger partial charge on any atom is -0.396 e. The second kappa shape index (κ2) is 6.13. The summed E-state index contributed by atoms with van der Waals surface area (Å²) in [5, 5.41) is 8.49. The van der Waals surface area contributed by atoms with Gasteiger partial charge in [0.05, 0.1) is 3.74 Å². The van der Waals surface area contributed by atoms with Crippen LogP contribution in [0.5, 0.6) is 0 Å². The molecule has 1 nitrogen and oxygen atoms in total. The standard InChI is InChI=1S/C5H9Br3O/c6-4(1-2-9)3-5(7)8/h4-5,9H,1-3H2. The zero-order valence-corrected chi connectivity index (χ0v) is 9.62. The topological polar surface area (TPSA) is 20.2 Å². The predicted molar refractivity (Wildman–Crippen MR) is 50.7 cm³/mol. The van der Waals surface area contributed by atoms with Crippen LogP contribution >= 0.6 is 47.8 Å². The normalized spacial score (nSPS) is 14.3. The molecular formula is C5H9Br3O. The van der Waals surface area contributed by atoms with Crippen LogP contribution in [0.2, 0.25) is 0 Å². The molecule has 0 amide bonds. The Morgan fingerprint density at radius 2 is 1.78 bits per heavy atom. The molecule has 0 saturated heterocycles. The quantitative estimate of drug-likeness (QED) is 0.788. The molecule has 0 aromatic heterocycles. The third-order valence-electron chi connectivity index (χ3n) is 0.876. The Balaban J connectivity index is 3.15. The molecule has 1 N–H and O–H groups in total. The summed E-state index contributed by atoms with van der Waals surface area (Å²) >= 11 is 10.1. The van der Waals surface area contributed by atoms with Crippen molar-refractivity contribution in [3.8, 4) is 0 Å². The minimum absolute atomic E-state index is 0.253. The molecule has 0 heterocycles. The Labute approximate surface area is 80.6 Å². The number of hydrogen-bond acceptors (Lipinski definition) is 1. The van der Waals surface area contributed by atoms with Crippen LogP contribution in [0.1, 0.15) is 12.8 Å². The fourth-order valence-electron chi connectivity index (χ4n) is 0.451. The number of aliphatic hydroxyl groups excluding tert-OH is 1. The van der Waals surface area contributed by atoms with Crippen molar-refractivity contribution in [2.75, 3.05) is 6.61 Å². The van der Waals surface area contributed by atoms with Crippen LogP contribution in [0.3, 0.4) is 0 Å². The molecule has 0 saturated carbocycles. The van der Waals surface area contributed by atoms with Crippen LogP contribution in [0, 0.1) is 0 Å². The molecule has 0 aliphatic rings. The van der Waals surface area contributed by atoms with E-state index in [0.717, 1.165) is 12.8 Å². The third-order valence-corrected chi connectivity index (χ3v) is 2.46. The number of halogens is 3. The smallest absolute Gasteiger partial charge is 0.0708 e. The Hall–Kier alpha value is 1.40. The molecule has 0 rings (SSSR count). The lowest BCUT2D eigenvalue weighted by Crippen LogP contribution is -2.04. The third kappa shape index (κ3) is 7.30. The van der Waals surface area contributed by atoms with E-state index < -0.39 is 0 Å². The first-order valence-electron chi connectivity index (χ1n) is 2.70. The SMILES string of the molecule is OCCC(Br)CC(Br)Br. The lowest BCUT2D eigenvalue weighted by molar-refractivity contribution is 0.287. The van der Waals surface area contributed by atoms with E-state index in [1.807, 2.05) is 0 Å². The summed E-state index contributed by atoms with van der Waals surface area (Å²) in [7, 11) is 0. The van der Waals surface area contributed by atoms with Gasteiger partial charge in [0, 0.05) is 11.4 Å². The molecule has 1 atom stereocenters. The highest BCUT2D eigenvalue weighted by Gasteiger charge is 2.06. The summed E-state index contributed by atoms with van der Waals surface area (Å²) < 4.78 is 0.348. The summed E-state index contributed by atoms with van der Waals surface area (Å²) in [6, 6.07) is 0. The van der Waals surface area contributed by atoms with E-state index in [9.17, 15) is 0 Å². The Morgan fingerprint density at radius 3 is 2.11 bits per heavy atom. The van der Waals surface area contributed by atoms with Gasteiger partial charge >= 0.3 is 0 Å². The molecule has 4 heteroatoms. The van der Waals surface area contributed by atoms with Crippen LogP contribution in [0.4, 0.5) is 0 Å². The zero-order valence-electron chi connectivity index (χ0n) is 4.86. The molecule has 0 spiro atoms. The number of hydrogen-bond donors (Lipinski definition) is 1. The monoisotopic (exact) mass is 322 g/mol. The van der Waals surface area contributed by atoms with Gasteiger partial charge in [-0.3, -0.25) is 0 Å². The highest BCUT2D eigenvalue weighted by Crippen LogP contribution is 2.20. The summed E-state index contributed by atoms with van der Waals surface area (Å²) in [6.45, 7) is 0.253. The maximum Gasteiger partial charge on any atom is 0.0708 e. The van der Waals surface area contributed by atoms with Crippen molar-refractivity contribution >= 4 is 47.8 Å². The van der Waals surface area contributed by atoms with E-state index in [1.165, 1.54) is 0 Å². The van der Waals surface area contributed by atoms with Crippen LogP contribution in [0.15, 0.2) is 0 Å². The number of aliphatic hydroxyl groups is 1. The molecule has 0 aromatic rings. The van der Waals surface area contributed by atoms with Crippen LogP contribution in [-0.2, 0) is 0 Å². The summed E-state index contributed by atoms with van der Waals surface area (Å²) in [5.74, 6) is 0.